The Morgan fingerprint density at radius 3 is 2.28 bits per heavy atom. The van der Waals surface area contributed by atoms with Crippen molar-refractivity contribution in [2.24, 2.45) is 0 Å². The number of benzene rings is 1. The summed E-state index contributed by atoms with van der Waals surface area (Å²) in [5.74, 6) is 0.398. The van der Waals surface area contributed by atoms with Crippen LogP contribution in [0, 0.1) is 0 Å². The van der Waals surface area contributed by atoms with Crippen LogP contribution in [0.25, 0.3) is 5.57 Å². The Morgan fingerprint density at radius 1 is 1.22 bits per heavy atom. The van der Waals surface area contributed by atoms with Crippen LogP contribution in [-0.2, 0) is 0 Å². The van der Waals surface area contributed by atoms with E-state index in [1.165, 1.54) is 0 Å². The highest BCUT2D eigenvalue weighted by Gasteiger charge is 2.36. The second-order valence-corrected chi connectivity index (χ2v) is 4.91. The first-order chi connectivity index (χ1) is 8.50. The predicted molar refractivity (Wildman–Crippen MR) is 71.5 cm³/mol. The first-order valence-corrected chi connectivity index (χ1v) is 6.62. The molecule has 0 fully saturated rings. The lowest BCUT2D eigenvalue weighted by molar-refractivity contribution is -0.0831. The first kappa shape index (κ1) is 15.1. The monoisotopic (exact) mass is 275 g/mol. The van der Waals surface area contributed by atoms with Gasteiger partial charge in [0.25, 0.3) is 0 Å². The van der Waals surface area contributed by atoms with Gasteiger partial charge in [-0.25, -0.2) is 0 Å². The summed E-state index contributed by atoms with van der Waals surface area (Å²) in [6.45, 7) is 1.92. The molecule has 0 atom stereocenters. The Bertz CT molecular complexity index is 398. The van der Waals surface area contributed by atoms with Crippen LogP contribution in [-0.4, -0.2) is 25.5 Å². The van der Waals surface area contributed by atoms with Crippen molar-refractivity contribution in [1.29, 1.82) is 0 Å². The van der Waals surface area contributed by atoms with Crippen LogP contribution in [0.4, 0.5) is 13.2 Å². The van der Waals surface area contributed by atoms with E-state index in [9.17, 15) is 13.2 Å². The third-order valence-corrected chi connectivity index (χ3v) is 3.35. The van der Waals surface area contributed by atoms with Gasteiger partial charge in [0.15, 0.2) is 0 Å². The average Bonchev–Trinajstić information content (AvgIpc) is 2.33. The van der Waals surface area contributed by atoms with Gasteiger partial charge in [-0.15, -0.1) is 11.8 Å². The summed E-state index contributed by atoms with van der Waals surface area (Å²) in [5, 5.41) is 2.81. The number of allylic oxidation sites excluding steroid dienone is 1. The predicted octanol–water partition coefficient (Wildman–Crippen LogP) is 3.93. The van der Waals surface area contributed by atoms with Crippen LogP contribution < -0.4 is 5.32 Å². The van der Waals surface area contributed by atoms with Gasteiger partial charge in [0, 0.05) is 6.54 Å². The van der Waals surface area contributed by atoms with Crippen LogP contribution in [0.3, 0.4) is 0 Å². The first-order valence-electron chi connectivity index (χ1n) is 5.63. The van der Waals surface area contributed by atoms with Crippen LogP contribution >= 0.6 is 11.8 Å². The van der Waals surface area contributed by atoms with Crippen molar-refractivity contribution in [2.75, 3.05) is 19.3 Å². The molecule has 1 N–H and O–H groups in total. The molecule has 0 aliphatic rings. The van der Waals surface area contributed by atoms with Crippen LogP contribution in [0.2, 0.25) is 0 Å². The number of thioether (sulfide) groups is 1. The number of hydrogen-bond acceptors (Lipinski definition) is 2. The quantitative estimate of drug-likeness (QED) is 0.873. The molecule has 100 valence electrons. The molecule has 18 heavy (non-hydrogen) atoms. The molecule has 1 rings (SSSR count). The van der Waals surface area contributed by atoms with E-state index in [0.717, 1.165) is 11.8 Å². The molecular formula is C13H16F3NS. The number of likely N-dealkylation sites (N-methyl/N-ethyl adjacent to an activating group) is 1. The van der Waals surface area contributed by atoms with E-state index in [1.54, 1.807) is 44.3 Å². The van der Waals surface area contributed by atoms with Gasteiger partial charge < -0.3 is 5.32 Å². The van der Waals surface area contributed by atoms with Crippen LogP contribution in [0.15, 0.2) is 35.2 Å². The molecule has 1 nitrogen and oxygen atoms in total. The van der Waals surface area contributed by atoms with E-state index >= 15 is 0 Å². The molecule has 0 heterocycles. The molecule has 0 unspecified atom stereocenters. The fraction of sp³-hybridized carbons (Fsp3) is 0.385. The Labute approximate surface area is 109 Å². The maximum absolute atomic E-state index is 13.1. The largest absolute Gasteiger partial charge is 0.422 e. The summed E-state index contributed by atoms with van der Waals surface area (Å²) in [7, 11) is 1.65. The highest BCUT2D eigenvalue weighted by molar-refractivity contribution is 8.03. The molecule has 0 aliphatic carbocycles. The van der Waals surface area contributed by atoms with Gasteiger partial charge in [0.05, 0.1) is 4.91 Å². The Hall–Kier alpha value is -0.940. The molecule has 1 aromatic rings. The Kier molecular flexibility index (Phi) is 5.75. The van der Waals surface area contributed by atoms with Crippen molar-refractivity contribution >= 4 is 17.3 Å². The summed E-state index contributed by atoms with van der Waals surface area (Å²) in [5.41, 5.74) is 0.914. The molecule has 0 saturated carbocycles. The third kappa shape index (κ3) is 4.07. The smallest absolute Gasteiger partial charge is 0.316 e. The van der Waals surface area contributed by atoms with Crippen molar-refractivity contribution in [3.05, 3.63) is 40.8 Å². The van der Waals surface area contributed by atoms with Crippen molar-refractivity contribution in [1.82, 2.24) is 5.32 Å². The maximum Gasteiger partial charge on any atom is 0.422 e. The van der Waals surface area contributed by atoms with Crippen molar-refractivity contribution in [3.63, 3.8) is 0 Å². The van der Waals surface area contributed by atoms with E-state index in [2.05, 4.69) is 5.32 Å². The average molecular weight is 275 g/mol. The van der Waals surface area contributed by atoms with Crippen molar-refractivity contribution < 1.29 is 13.2 Å². The minimum Gasteiger partial charge on any atom is -0.316 e. The fourth-order valence-corrected chi connectivity index (χ4v) is 2.43. The second kappa shape index (κ2) is 6.85. The van der Waals surface area contributed by atoms with Crippen molar-refractivity contribution in [2.45, 2.75) is 13.1 Å². The molecule has 1 aromatic carbocycles. The summed E-state index contributed by atoms with van der Waals surface area (Å²) in [6, 6.07) is 8.69. The SMILES string of the molecule is CCS/C(=C(\CNC)c1ccccc1)C(F)(F)F. The molecule has 0 amide bonds. The minimum atomic E-state index is -4.30. The minimum absolute atomic E-state index is 0.200. The standard InChI is InChI=1S/C13H16F3NS/c1-3-18-12(13(14,15)16)11(9-17-2)10-7-5-4-6-8-10/h4-8,17H,3,9H2,1-2H3/b12-11+. The summed E-state index contributed by atoms with van der Waals surface area (Å²) < 4.78 is 39.2. The molecule has 0 saturated heterocycles. The lowest BCUT2D eigenvalue weighted by Crippen LogP contribution is -2.18. The summed E-state index contributed by atoms with van der Waals surface area (Å²) in [4.78, 5) is -0.509. The van der Waals surface area contributed by atoms with Gasteiger partial charge >= 0.3 is 6.18 Å². The zero-order valence-corrected chi connectivity index (χ0v) is 11.2. The fourth-order valence-electron chi connectivity index (χ4n) is 1.61. The number of rotatable bonds is 5. The van der Waals surface area contributed by atoms with Gasteiger partial charge in [-0.2, -0.15) is 13.2 Å². The Morgan fingerprint density at radius 2 is 1.83 bits per heavy atom. The molecule has 0 bridgehead atoms. The molecule has 5 heteroatoms. The highest BCUT2D eigenvalue weighted by Crippen LogP contribution is 2.39. The van der Waals surface area contributed by atoms with E-state index in [4.69, 9.17) is 0 Å². The maximum atomic E-state index is 13.1. The normalized spacial score (nSPS) is 13.4. The van der Waals surface area contributed by atoms with Gasteiger partial charge in [-0.1, -0.05) is 37.3 Å². The molecule has 0 spiro atoms. The van der Waals surface area contributed by atoms with Crippen LogP contribution in [0.5, 0.6) is 0 Å². The highest BCUT2D eigenvalue weighted by atomic mass is 32.2. The summed E-state index contributed by atoms with van der Waals surface area (Å²) >= 11 is 0.841. The molecule has 0 aliphatic heterocycles. The third-order valence-electron chi connectivity index (χ3n) is 2.30. The van der Waals surface area contributed by atoms with Gasteiger partial charge in [-0.3, -0.25) is 0 Å². The van der Waals surface area contributed by atoms with Gasteiger partial charge in [0.1, 0.15) is 0 Å². The van der Waals surface area contributed by atoms with E-state index in [1.807, 2.05) is 0 Å². The van der Waals surface area contributed by atoms with E-state index in [-0.39, 0.29) is 6.54 Å². The lowest BCUT2D eigenvalue weighted by Gasteiger charge is -2.17. The number of alkyl halides is 3. The van der Waals surface area contributed by atoms with Crippen LogP contribution in [0.1, 0.15) is 12.5 Å². The van der Waals surface area contributed by atoms with Gasteiger partial charge in [-0.05, 0) is 23.9 Å². The Balaban J connectivity index is 3.29. The number of halogens is 3. The summed E-state index contributed by atoms with van der Waals surface area (Å²) in [6.07, 6.45) is -4.30. The number of hydrogen-bond donors (Lipinski definition) is 1. The van der Waals surface area contributed by atoms with Crippen molar-refractivity contribution in [3.8, 4) is 0 Å². The number of nitrogens with one attached hydrogen (secondary N) is 1. The zero-order chi connectivity index (χ0) is 13.6. The molecular weight excluding hydrogens is 259 g/mol. The second-order valence-electron chi connectivity index (χ2n) is 3.63. The molecule has 0 aromatic heterocycles. The lowest BCUT2D eigenvalue weighted by atomic mass is 10.1. The topological polar surface area (TPSA) is 12.0 Å². The van der Waals surface area contributed by atoms with Gasteiger partial charge in [0.2, 0.25) is 0 Å². The van der Waals surface area contributed by atoms with E-state index in [0.29, 0.717) is 16.9 Å². The zero-order valence-electron chi connectivity index (χ0n) is 10.3. The van der Waals surface area contributed by atoms with E-state index < -0.39 is 11.1 Å². The molecule has 0 radical (unpaired) electrons.